The van der Waals surface area contributed by atoms with Gasteiger partial charge < -0.3 is 10.1 Å². The molecule has 0 saturated carbocycles. The fourth-order valence-corrected chi connectivity index (χ4v) is 1.66. The summed E-state index contributed by atoms with van der Waals surface area (Å²) in [5, 5.41) is 2.46. The van der Waals surface area contributed by atoms with Gasteiger partial charge in [-0.25, -0.2) is 4.79 Å². The number of hydrogen-bond donors (Lipinski definition) is 1. The Bertz CT molecular complexity index is 378. The van der Waals surface area contributed by atoms with Gasteiger partial charge in [0.25, 0.3) is 0 Å². The highest BCUT2D eigenvalue weighted by Crippen LogP contribution is 2.12. The van der Waals surface area contributed by atoms with Crippen LogP contribution in [0.1, 0.15) is 12.5 Å². The summed E-state index contributed by atoms with van der Waals surface area (Å²) in [4.78, 5) is 22.0. The van der Waals surface area contributed by atoms with Crippen molar-refractivity contribution in [2.24, 2.45) is 0 Å². The molecule has 1 N–H and O–H groups in total. The van der Waals surface area contributed by atoms with Crippen molar-refractivity contribution >= 4 is 28.3 Å². The maximum absolute atomic E-state index is 11.6. The van der Waals surface area contributed by atoms with Crippen molar-refractivity contribution < 1.29 is 14.3 Å². The molecule has 0 heterocycles. The van der Waals surface area contributed by atoms with Crippen molar-refractivity contribution in [2.45, 2.75) is 19.4 Å². The van der Waals surface area contributed by atoms with Gasteiger partial charge in [-0.1, -0.05) is 28.1 Å². The Labute approximate surface area is 108 Å². The lowest BCUT2D eigenvalue weighted by Crippen LogP contribution is -2.39. The topological polar surface area (TPSA) is 55.4 Å². The number of halogens is 1. The number of rotatable bonds is 6. The molecule has 0 fully saturated rings. The summed E-state index contributed by atoms with van der Waals surface area (Å²) in [7, 11) is 0. The molecule has 0 aliphatic rings. The average Bonchev–Trinajstić information content (AvgIpc) is 2.31. The summed E-state index contributed by atoms with van der Waals surface area (Å²) >= 11 is 3.33. The standard InChI is InChI=1S/C12H14BrNO3/c1-2-17-12(16)11(14-8-15)7-9-3-5-10(13)6-4-9/h3-6,8,11H,2,7H2,1H3,(H,14,15). The Balaban J connectivity index is 2.68. The Morgan fingerprint density at radius 3 is 2.65 bits per heavy atom. The summed E-state index contributed by atoms with van der Waals surface area (Å²) in [6, 6.07) is 6.93. The lowest BCUT2D eigenvalue weighted by Gasteiger charge is -2.14. The third-order valence-electron chi connectivity index (χ3n) is 2.19. The van der Waals surface area contributed by atoms with Crippen molar-refractivity contribution in [3.63, 3.8) is 0 Å². The van der Waals surface area contributed by atoms with Gasteiger partial charge >= 0.3 is 5.97 Å². The molecule has 17 heavy (non-hydrogen) atoms. The molecule has 1 unspecified atom stereocenters. The summed E-state index contributed by atoms with van der Waals surface area (Å²) in [6.07, 6.45) is 0.936. The molecule has 1 amide bonds. The van der Waals surface area contributed by atoms with Gasteiger partial charge in [0.15, 0.2) is 0 Å². The highest BCUT2D eigenvalue weighted by molar-refractivity contribution is 9.10. The van der Waals surface area contributed by atoms with Gasteiger partial charge in [-0.3, -0.25) is 4.79 Å². The highest BCUT2D eigenvalue weighted by atomic mass is 79.9. The van der Waals surface area contributed by atoms with E-state index in [1.165, 1.54) is 0 Å². The third-order valence-corrected chi connectivity index (χ3v) is 2.72. The quantitative estimate of drug-likeness (QED) is 0.642. The molecule has 0 saturated heterocycles. The van der Waals surface area contributed by atoms with E-state index in [0.29, 0.717) is 19.4 Å². The van der Waals surface area contributed by atoms with Crippen molar-refractivity contribution in [3.8, 4) is 0 Å². The fourth-order valence-electron chi connectivity index (χ4n) is 1.39. The number of nitrogens with one attached hydrogen (secondary N) is 1. The average molecular weight is 300 g/mol. The molecule has 0 aliphatic heterocycles. The molecule has 0 radical (unpaired) electrons. The van der Waals surface area contributed by atoms with Crippen molar-refractivity contribution in [1.82, 2.24) is 5.32 Å². The van der Waals surface area contributed by atoms with E-state index in [2.05, 4.69) is 21.2 Å². The van der Waals surface area contributed by atoms with E-state index in [9.17, 15) is 9.59 Å². The molecule has 1 rings (SSSR count). The molecule has 5 heteroatoms. The zero-order valence-corrected chi connectivity index (χ0v) is 11.1. The minimum atomic E-state index is -0.631. The van der Waals surface area contributed by atoms with Gasteiger partial charge in [0.1, 0.15) is 6.04 Å². The Morgan fingerprint density at radius 1 is 1.47 bits per heavy atom. The smallest absolute Gasteiger partial charge is 0.328 e. The van der Waals surface area contributed by atoms with Crippen LogP contribution in [0.3, 0.4) is 0 Å². The van der Waals surface area contributed by atoms with E-state index in [-0.39, 0.29) is 0 Å². The Morgan fingerprint density at radius 2 is 2.12 bits per heavy atom. The second kappa shape index (κ2) is 7.06. The van der Waals surface area contributed by atoms with Crippen molar-refractivity contribution in [1.29, 1.82) is 0 Å². The maximum atomic E-state index is 11.6. The third kappa shape index (κ3) is 4.56. The minimum absolute atomic E-state index is 0.302. The summed E-state index contributed by atoms with van der Waals surface area (Å²) < 4.78 is 5.85. The highest BCUT2D eigenvalue weighted by Gasteiger charge is 2.19. The zero-order chi connectivity index (χ0) is 12.7. The van der Waals surface area contributed by atoms with Gasteiger partial charge in [-0.05, 0) is 24.6 Å². The summed E-state index contributed by atoms with van der Waals surface area (Å²) in [5.41, 5.74) is 0.959. The number of amides is 1. The van der Waals surface area contributed by atoms with Crippen LogP contribution in [-0.2, 0) is 20.7 Å². The monoisotopic (exact) mass is 299 g/mol. The van der Waals surface area contributed by atoms with Gasteiger partial charge in [-0.2, -0.15) is 0 Å². The first kappa shape index (κ1) is 13.7. The number of benzene rings is 1. The molecule has 0 aromatic heterocycles. The zero-order valence-electron chi connectivity index (χ0n) is 9.48. The van der Waals surface area contributed by atoms with Crippen LogP contribution in [0.2, 0.25) is 0 Å². The number of carbonyl (C=O) groups excluding carboxylic acids is 2. The van der Waals surface area contributed by atoms with Crippen LogP contribution in [0.4, 0.5) is 0 Å². The van der Waals surface area contributed by atoms with E-state index in [1.54, 1.807) is 6.92 Å². The maximum Gasteiger partial charge on any atom is 0.328 e. The van der Waals surface area contributed by atoms with Gasteiger partial charge in [0.2, 0.25) is 6.41 Å². The normalized spacial score (nSPS) is 11.6. The molecule has 92 valence electrons. The van der Waals surface area contributed by atoms with Crippen LogP contribution in [-0.4, -0.2) is 25.0 Å². The van der Waals surface area contributed by atoms with Crippen LogP contribution in [0.5, 0.6) is 0 Å². The predicted octanol–water partition coefficient (Wildman–Crippen LogP) is 1.67. The van der Waals surface area contributed by atoms with E-state index < -0.39 is 12.0 Å². The molecule has 4 nitrogen and oxygen atoms in total. The molecule has 1 aromatic carbocycles. The van der Waals surface area contributed by atoms with E-state index in [1.807, 2.05) is 24.3 Å². The summed E-state index contributed by atoms with van der Waals surface area (Å²) in [5.74, 6) is -0.414. The Hall–Kier alpha value is -1.36. The first-order valence-electron chi connectivity index (χ1n) is 5.28. The molecule has 0 aliphatic carbocycles. The fraction of sp³-hybridized carbons (Fsp3) is 0.333. The molecule has 1 atom stereocenters. The van der Waals surface area contributed by atoms with Crippen LogP contribution in [0.25, 0.3) is 0 Å². The van der Waals surface area contributed by atoms with Gasteiger partial charge in [0, 0.05) is 10.9 Å². The lowest BCUT2D eigenvalue weighted by molar-refractivity contribution is -0.146. The summed E-state index contributed by atoms with van der Waals surface area (Å²) in [6.45, 7) is 2.03. The van der Waals surface area contributed by atoms with Crippen LogP contribution in [0.15, 0.2) is 28.7 Å². The van der Waals surface area contributed by atoms with Crippen LogP contribution >= 0.6 is 15.9 Å². The first-order chi connectivity index (χ1) is 8.17. The molecule has 0 bridgehead atoms. The first-order valence-corrected chi connectivity index (χ1v) is 6.07. The number of carbonyl (C=O) groups is 2. The molecular formula is C12H14BrNO3. The SMILES string of the molecule is CCOC(=O)C(Cc1ccc(Br)cc1)NC=O. The number of ether oxygens (including phenoxy) is 1. The van der Waals surface area contributed by atoms with Gasteiger partial charge in [0.05, 0.1) is 6.61 Å². The van der Waals surface area contributed by atoms with E-state index >= 15 is 0 Å². The van der Waals surface area contributed by atoms with Crippen LogP contribution < -0.4 is 5.32 Å². The van der Waals surface area contributed by atoms with E-state index in [4.69, 9.17) is 4.74 Å². The van der Waals surface area contributed by atoms with E-state index in [0.717, 1.165) is 10.0 Å². The minimum Gasteiger partial charge on any atom is -0.464 e. The second-order valence-corrected chi connectivity index (χ2v) is 4.34. The van der Waals surface area contributed by atoms with Gasteiger partial charge in [-0.15, -0.1) is 0 Å². The van der Waals surface area contributed by atoms with Crippen molar-refractivity contribution in [2.75, 3.05) is 6.61 Å². The van der Waals surface area contributed by atoms with Crippen molar-refractivity contribution in [3.05, 3.63) is 34.3 Å². The predicted molar refractivity (Wildman–Crippen MR) is 67.5 cm³/mol. The molecule has 1 aromatic rings. The molecule has 0 spiro atoms. The number of hydrogen-bond acceptors (Lipinski definition) is 3. The number of esters is 1. The lowest BCUT2D eigenvalue weighted by atomic mass is 10.1. The largest absolute Gasteiger partial charge is 0.464 e. The second-order valence-electron chi connectivity index (χ2n) is 3.42. The molecular weight excluding hydrogens is 286 g/mol. The Kier molecular flexibility index (Phi) is 5.69. The van der Waals surface area contributed by atoms with Crippen LogP contribution in [0, 0.1) is 0 Å².